The van der Waals surface area contributed by atoms with Gasteiger partial charge in [0.1, 0.15) is 10.7 Å². The minimum atomic E-state index is 0.150. The summed E-state index contributed by atoms with van der Waals surface area (Å²) in [7, 11) is 2.16. The average molecular weight is 396 g/mol. The molecule has 0 radical (unpaired) electrons. The molecule has 0 atom stereocenters. The highest BCUT2D eigenvalue weighted by molar-refractivity contribution is 7.17. The Morgan fingerprint density at radius 3 is 2.61 bits per heavy atom. The lowest BCUT2D eigenvalue weighted by molar-refractivity contribution is 0.215. The number of nitrogens with zero attached hydrogens (tertiary/aromatic N) is 3. The van der Waals surface area contributed by atoms with Crippen LogP contribution in [0.5, 0.6) is 0 Å². The maximum Gasteiger partial charge on any atom is 0.263 e. The molecule has 4 rings (SSSR count). The topological polar surface area (TPSA) is 38.1 Å². The van der Waals surface area contributed by atoms with Crippen LogP contribution in [-0.4, -0.2) is 34.6 Å². The number of benzene rings is 1. The Hall–Kier alpha value is -1.98. The molecule has 1 aromatic carbocycles. The van der Waals surface area contributed by atoms with Gasteiger partial charge >= 0.3 is 0 Å². The fourth-order valence-electron chi connectivity index (χ4n) is 4.20. The highest BCUT2D eigenvalue weighted by Crippen LogP contribution is 2.33. The van der Waals surface area contributed by atoms with E-state index in [1.165, 1.54) is 11.1 Å². The van der Waals surface area contributed by atoms with E-state index < -0.39 is 0 Å². The summed E-state index contributed by atoms with van der Waals surface area (Å²) in [6, 6.07) is 6.72. The lowest BCUT2D eigenvalue weighted by Gasteiger charge is -2.31. The molecule has 3 aromatic rings. The first-order chi connectivity index (χ1) is 13.5. The maximum atomic E-state index is 13.7. The predicted octanol–water partition coefficient (Wildman–Crippen LogP) is 4.96. The molecule has 1 saturated heterocycles. The van der Waals surface area contributed by atoms with Crippen molar-refractivity contribution >= 4 is 21.6 Å². The van der Waals surface area contributed by atoms with Crippen LogP contribution in [0.3, 0.4) is 0 Å². The number of likely N-dealkylation sites (tertiary alicyclic amines) is 1. The average Bonchev–Trinajstić information content (AvgIpc) is 3.10. The zero-order chi connectivity index (χ0) is 19.8. The van der Waals surface area contributed by atoms with Crippen LogP contribution < -0.4 is 5.56 Å². The summed E-state index contributed by atoms with van der Waals surface area (Å²) in [6.07, 6.45) is 3.89. The largest absolute Gasteiger partial charge is 0.306 e. The van der Waals surface area contributed by atoms with E-state index in [1.807, 2.05) is 4.57 Å². The van der Waals surface area contributed by atoms with Gasteiger partial charge in [0.2, 0.25) is 0 Å². The summed E-state index contributed by atoms with van der Waals surface area (Å²) in [4.78, 5) is 21.9. The summed E-state index contributed by atoms with van der Waals surface area (Å²) in [5, 5.41) is 2.91. The summed E-state index contributed by atoms with van der Waals surface area (Å²) in [6.45, 7) is 8.48. The third-order valence-electron chi connectivity index (χ3n) is 6.06. The molecule has 0 aliphatic carbocycles. The summed E-state index contributed by atoms with van der Waals surface area (Å²) in [5.74, 6) is 0.961. The van der Waals surface area contributed by atoms with Crippen LogP contribution in [-0.2, 0) is 6.42 Å². The van der Waals surface area contributed by atoms with Gasteiger partial charge in [-0.3, -0.25) is 9.36 Å². The van der Waals surface area contributed by atoms with Crippen molar-refractivity contribution in [3.63, 3.8) is 0 Å². The molecular weight excluding hydrogens is 366 g/mol. The van der Waals surface area contributed by atoms with Gasteiger partial charge in [-0.1, -0.05) is 25.1 Å². The number of hydrogen-bond acceptors (Lipinski definition) is 4. The monoisotopic (exact) mass is 395 g/mol. The van der Waals surface area contributed by atoms with Gasteiger partial charge in [-0.25, -0.2) is 4.98 Å². The second-order valence-corrected chi connectivity index (χ2v) is 8.97. The zero-order valence-corrected chi connectivity index (χ0v) is 18.1. The molecule has 1 aliphatic rings. The SMILES string of the molecule is CCCc1nc2scc(-c3ccc(C)c(C)c3)c2c(=O)n1C1CCN(C)CC1. The third-order valence-corrected chi connectivity index (χ3v) is 6.93. The first kappa shape index (κ1) is 19.3. The Balaban J connectivity index is 1.90. The highest BCUT2D eigenvalue weighted by atomic mass is 32.1. The number of thiophene rings is 1. The molecule has 0 bridgehead atoms. The van der Waals surface area contributed by atoms with E-state index in [4.69, 9.17) is 4.98 Å². The van der Waals surface area contributed by atoms with Crippen LogP contribution >= 0.6 is 11.3 Å². The van der Waals surface area contributed by atoms with Crippen LogP contribution in [0.2, 0.25) is 0 Å². The minimum absolute atomic E-state index is 0.150. The summed E-state index contributed by atoms with van der Waals surface area (Å²) in [5.41, 5.74) is 4.83. The normalized spacial score (nSPS) is 16.1. The zero-order valence-electron chi connectivity index (χ0n) is 17.3. The van der Waals surface area contributed by atoms with Gasteiger partial charge in [-0.2, -0.15) is 0 Å². The Kier molecular flexibility index (Phi) is 5.39. The van der Waals surface area contributed by atoms with Gasteiger partial charge in [0.15, 0.2) is 0 Å². The molecule has 4 nitrogen and oxygen atoms in total. The van der Waals surface area contributed by atoms with Crippen molar-refractivity contribution in [3.05, 3.63) is 50.9 Å². The van der Waals surface area contributed by atoms with Gasteiger partial charge in [0.25, 0.3) is 5.56 Å². The second-order valence-electron chi connectivity index (χ2n) is 8.12. The van der Waals surface area contributed by atoms with E-state index in [2.05, 4.69) is 56.3 Å². The molecule has 3 heterocycles. The van der Waals surface area contributed by atoms with E-state index in [0.29, 0.717) is 0 Å². The number of fused-ring (bicyclic) bond motifs is 1. The van der Waals surface area contributed by atoms with Crippen LogP contribution in [0, 0.1) is 13.8 Å². The standard InChI is InChI=1S/C23H29N3OS/c1-5-6-20-24-22-21(23(27)26(20)18-9-11-25(4)12-10-18)19(14-28-22)17-8-7-15(2)16(3)13-17/h7-8,13-14,18H,5-6,9-12H2,1-4H3. The highest BCUT2D eigenvalue weighted by Gasteiger charge is 2.24. The molecular formula is C23H29N3OS. The Bertz CT molecular complexity index is 1060. The number of piperidine rings is 1. The van der Waals surface area contributed by atoms with E-state index in [1.54, 1.807) is 11.3 Å². The molecule has 0 unspecified atom stereocenters. The quantitative estimate of drug-likeness (QED) is 0.626. The van der Waals surface area contributed by atoms with Crippen LogP contribution in [0.4, 0.5) is 0 Å². The smallest absolute Gasteiger partial charge is 0.263 e. The molecule has 0 amide bonds. The third kappa shape index (κ3) is 3.42. The van der Waals surface area contributed by atoms with Crippen molar-refractivity contribution in [1.29, 1.82) is 0 Å². The van der Waals surface area contributed by atoms with Crippen LogP contribution in [0.25, 0.3) is 21.3 Å². The van der Waals surface area contributed by atoms with Crippen molar-refractivity contribution in [2.75, 3.05) is 20.1 Å². The Morgan fingerprint density at radius 1 is 1.18 bits per heavy atom. The Morgan fingerprint density at radius 2 is 1.93 bits per heavy atom. The summed E-state index contributed by atoms with van der Waals surface area (Å²) < 4.78 is 2.04. The molecule has 1 fully saturated rings. The van der Waals surface area contributed by atoms with Crippen molar-refractivity contribution in [2.24, 2.45) is 0 Å². The molecule has 1 aliphatic heterocycles. The van der Waals surface area contributed by atoms with Gasteiger partial charge in [-0.05, 0) is 69.9 Å². The van der Waals surface area contributed by atoms with Gasteiger partial charge in [-0.15, -0.1) is 11.3 Å². The van der Waals surface area contributed by atoms with E-state index >= 15 is 0 Å². The molecule has 2 aromatic heterocycles. The van der Waals surface area contributed by atoms with E-state index in [-0.39, 0.29) is 11.6 Å². The van der Waals surface area contributed by atoms with Crippen molar-refractivity contribution in [1.82, 2.24) is 14.5 Å². The molecule has 0 N–H and O–H groups in total. The van der Waals surface area contributed by atoms with Crippen molar-refractivity contribution in [3.8, 4) is 11.1 Å². The van der Waals surface area contributed by atoms with Gasteiger partial charge in [0.05, 0.1) is 5.39 Å². The van der Waals surface area contributed by atoms with E-state index in [9.17, 15) is 4.79 Å². The first-order valence-corrected chi connectivity index (χ1v) is 11.2. The lowest BCUT2D eigenvalue weighted by atomic mass is 10.0. The number of hydrogen-bond donors (Lipinski definition) is 0. The maximum absolute atomic E-state index is 13.7. The van der Waals surface area contributed by atoms with Gasteiger partial charge in [0, 0.05) is 23.4 Å². The van der Waals surface area contributed by atoms with Crippen molar-refractivity contribution in [2.45, 2.75) is 52.5 Å². The van der Waals surface area contributed by atoms with Crippen molar-refractivity contribution < 1.29 is 0 Å². The minimum Gasteiger partial charge on any atom is -0.306 e. The fourth-order valence-corrected chi connectivity index (χ4v) is 5.15. The lowest BCUT2D eigenvalue weighted by Crippen LogP contribution is -2.37. The van der Waals surface area contributed by atoms with Crippen LogP contribution in [0.15, 0.2) is 28.4 Å². The van der Waals surface area contributed by atoms with Crippen LogP contribution in [0.1, 0.15) is 49.2 Å². The number of aryl methyl sites for hydroxylation is 3. The van der Waals surface area contributed by atoms with Gasteiger partial charge < -0.3 is 4.90 Å². The Labute approximate surface area is 170 Å². The van der Waals surface area contributed by atoms with E-state index in [0.717, 1.165) is 65.9 Å². The second kappa shape index (κ2) is 7.80. The predicted molar refractivity (Wildman–Crippen MR) is 119 cm³/mol. The first-order valence-electron chi connectivity index (χ1n) is 10.3. The molecule has 0 spiro atoms. The molecule has 0 saturated carbocycles. The summed E-state index contributed by atoms with van der Waals surface area (Å²) >= 11 is 1.60. The fraction of sp³-hybridized carbons (Fsp3) is 0.478. The molecule has 28 heavy (non-hydrogen) atoms. The number of aromatic nitrogens is 2. The molecule has 148 valence electrons. The molecule has 5 heteroatoms. The number of rotatable bonds is 4.